The molecule has 0 aromatic carbocycles. The standard InChI is InChI=1S/C38H80N.C27H46O.BrH/c1-5-7-9-11-13-15-17-19-21-23-25-27-29-31-33-35-37-39(3,4)38-36-34-32-30-28-26-24-22-20-18-16-14-12-10-8-6-2;1-18(2)7-6-8-19(3)23-11-12-24-22-10-9-20-17-21(28)13-15-26(20,4)25(22)14-16-27(23,24)5;/h5-38H2,1-4H3;9,18-19,21-25,28H,6-8,10-17H2,1-5H3;1H/q+1;;/p-1/t;19-,21+,22+,23-,24+,25+,26+,27-;/m.1./s1. The van der Waals surface area contributed by atoms with Crippen molar-refractivity contribution >= 4 is 0 Å². The maximum Gasteiger partial charge on any atom is 0.0782 e. The van der Waals surface area contributed by atoms with Crippen LogP contribution >= 0.6 is 0 Å². The van der Waals surface area contributed by atoms with Gasteiger partial charge in [0.25, 0.3) is 0 Å². The average Bonchev–Trinajstić information content (AvgIpc) is 3.66. The Morgan fingerprint density at radius 3 is 1.34 bits per heavy atom. The number of fused-ring (bicyclic) bond motifs is 5. The first kappa shape index (κ1) is 64.3. The maximum absolute atomic E-state index is 10.2. The summed E-state index contributed by atoms with van der Waals surface area (Å²) in [7, 11) is 4.94. The number of aliphatic hydroxyl groups excluding tert-OH is 1. The third kappa shape index (κ3) is 24.9. The Labute approximate surface area is 440 Å². The van der Waals surface area contributed by atoms with E-state index in [-0.39, 0.29) is 23.1 Å². The lowest BCUT2D eigenvalue weighted by atomic mass is 9.47. The van der Waals surface area contributed by atoms with Crippen LogP contribution in [0.15, 0.2) is 11.6 Å². The molecule has 2 nitrogen and oxygen atoms in total. The molecule has 68 heavy (non-hydrogen) atoms. The van der Waals surface area contributed by atoms with Crippen LogP contribution < -0.4 is 17.0 Å². The molecular weight excluding hydrogens is 891 g/mol. The van der Waals surface area contributed by atoms with Crippen molar-refractivity contribution in [2.45, 2.75) is 331 Å². The topological polar surface area (TPSA) is 20.2 Å². The minimum absolute atomic E-state index is 0. The predicted molar refractivity (Wildman–Crippen MR) is 300 cm³/mol. The molecular formula is C65H126BrNO. The SMILES string of the molecule is CC(C)CCC[C@@H](C)[C@H]1CC[C@H]2[C@@H]3CC=C4C[C@@H](O)CC[C@]4(C)[C@H]3CC[C@]12C.CCCCCCCCCCCCCCCCCC[N+](C)(C)CCCCCCCCCCCCCCCCCC.[Br-]. The average molecular weight is 1020 g/mol. The molecule has 0 saturated heterocycles. The minimum Gasteiger partial charge on any atom is -1.00 e. The summed E-state index contributed by atoms with van der Waals surface area (Å²) in [5.74, 6) is 5.46. The highest BCUT2D eigenvalue weighted by atomic mass is 79.9. The van der Waals surface area contributed by atoms with Crippen LogP contribution in [0.3, 0.4) is 0 Å². The predicted octanol–water partition coefficient (Wildman–Crippen LogP) is 18.0. The fourth-order valence-electron chi connectivity index (χ4n) is 15.0. The number of hydrogen-bond acceptors (Lipinski definition) is 1. The summed E-state index contributed by atoms with van der Waals surface area (Å²) in [6, 6.07) is 0. The molecule has 3 fully saturated rings. The van der Waals surface area contributed by atoms with Crippen molar-refractivity contribution in [3.8, 4) is 0 Å². The summed E-state index contributed by atoms with van der Waals surface area (Å²) < 4.78 is 1.25. The van der Waals surface area contributed by atoms with Crippen LogP contribution in [0, 0.1) is 46.3 Å². The Kier molecular flexibility index (Phi) is 35.7. The molecule has 4 rings (SSSR count). The quantitative estimate of drug-likeness (QED) is 0.0370. The Morgan fingerprint density at radius 2 is 0.926 bits per heavy atom. The molecule has 404 valence electrons. The van der Waals surface area contributed by atoms with E-state index in [1.54, 1.807) is 5.57 Å². The van der Waals surface area contributed by atoms with Crippen LogP contribution in [-0.4, -0.2) is 42.9 Å². The normalized spacial score (nSPS) is 26.0. The first-order chi connectivity index (χ1) is 32.4. The highest BCUT2D eigenvalue weighted by molar-refractivity contribution is 5.25. The van der Waals surface area contributed by atoms with Crippen molar-refractivity contribution in [3.05, 3.63) is 11.6 Å². The molecule has 0 bridgehead atoms. The lowest BCUT2D eigenvalue weighted by Crippen LogP contribution is -3.00. The van der Waals surface area contributed by atoms with Crippen LogP contribution in [0.2, 0.25) is 0 Å². The van der Waals surface area contributed by atoms with Gasteiger partial charge in [0.15, 0.2) is 0 Å². The Hall–Kier alpha value is 0.140. The maximum atomic E-state index is 10.2. The van der Waals surface area contributed by atoms with Gasteiger partial charge in [-0.25, -0.2) is 0 Å². The van der Waals surface area contributed by atoms with Gasteiger partial charge in [0.05, 0.1) is 33.3 Å². The number of nitrogens with zero attached hydrogens (tertiary/aromatic N) is 1. The van der Waals surface area contributed by atoms with E-state index in [1.165, 1.54) is 281 Å². The third-order valence-corrected chi connectivity index (χ3v) is 19.5. The number of quaternary nitrogens is 1. The van der Waals surface area contributed by atoms with Crippen molar-refractivity contribution < 1.29 is 26.6 Å². The number of aliphatic hydroxyl groups is 1. The summed E-state index contributed by atoms with van der Waals surface area (Å²) >= 11 is 0. The summed E-state index contributed by atoms with van der Waals surface area (Å²) in [6.07, 6.45) is 64.1. The number of unbranched alkanes of at least 4 members (excludes halogenated alkanes) is 30. The van der Waals surface area contributed by atoms with E-state index in [2.05, 4.69) is 68.6 Å². The first-order valence-corrected chi connectivity index (χ1v) is 31.6. The van der Waals surface area contributed by atoms with Gasteiger partial charge in [0.2, 0.25) is 0 Å². The zero-order valence-corrected chi connectivity index (χ0v) is 49.8. The fourth-order valence-corrected chi connectivity index (χ4v) is 15.0. The van der Waals surface area contributed by atoms with Crippen LogP contribution in [0.5, 0.6) is 0 Å². The second kappa shape index (κ2) is 37.8. The molecule has 0 aromatic heterocycles. The Balaban J connectivity index is 0.000000480. The van der Waals surface area contributed by atoms with Gasteiger partial charge in [-0.3, -0.25) is 0 Å². The van der Waals surface area contributed by atoms with E-state index in [4.69, 9.17) is 0 Å². The molecule has 0 radical (unpaired) electrons. The van der Waals surface area contributed by atoms with Crippen molar-refractivity contribution in [2.24, 2.45) is 46.3 Å². The Morgan fingerprint density at radius 1 is 0.515 bits per heavy atom. The number of rotatable bonds is 39. The van der Waals surface area contributed by atoms with Crippen LogP contribution in [-0.2, 0) is 0 Å². The molecule has 0 aliphatic heterocycles. The molecule has 1 N–H and O–H groups in total. The molecule has 0 unspecified atom stereocenters. The van der Waals surface area contributed by atoms with E-state index in [9.17, 15) is 5.11 Å². The smallest absolute Gasteiger partial charge is 0.0782 e. The van der Waals surface area contributed by atoms with Crippen molar-refractivity contribution in [3.63, 3.8) is 0 Å². The van der Waals surface area contributed by atoms with E-state index < -0.39 is 0 Å². The number of allylic oxidation sites excluding steroid dienone is 1. The van der Waals surface area contributed by atoms with E-state index in [0.29, 0.717) is 10.8 Å². The highest BCUT2D eigenvalue weighted by Crippen LogP contribution is 2.67. The van der Waals surface area contributed by atoms with E-state index in [0.717, 1.165) is 48.3 Å². The van der Waals surface area contributed by atoms with Gasteiger partial charge in [-0.2, -0.15) is 0 Å². The second-order valence-corrected chi connectivity index (χ2v) is 26.2. The molecule has 8 atom stereocenters. The zero-order valence-electron chi connectivity index (χ0n) is 48.2. The van der Waals surface area contributed by atoms with E-state index in [1.807, 2.05) is 0 Å². The fraction of sp³-hybridized carbons (Fsp3) is 0.969. The first-order valence-electron chi connectivity index (χ1n) is 31.6. The number of hydrogen-bond donors (Lipinski definition) is 1. The lowest BCUT2D eigenvalue weighted by molar-refractivity contribution is -0.890. The largest absolute Gasteiger partial charge is 1.00 e. The summed E-state index contributed by atoms with van der Waals surface area (Å²) in [4.78, 5) is 0. The summed E-state index contributed by atoms with van der Waals surface area (Å²) in [5, 5.41) is 10.2. The van der Waals surface area contributed by atoms with Gasteiger partial charge in [-0.05, 0) is 123 Å². The number of halogens is 1. The van der Waals surface area contributed by atoms with Crippen molar-refractivity contribution in [1.29, 1.82) is 0 Å². The molecule has 0 heterocycles. The van der Waals surface area contributed by atoms with Crippen LogP contribution in [0.4, 0.5) is 0 Å². The highest BCUT2D eigenvalue weighted by Gasteiger charge is 2.59. The van der Waals surface area contributed by atoms with Crippen LogP contribution in [0.25, 0.3) is 0 Å². The second-order valence-electron chi connectivity index (χ2n) is 26.2. The summed E-state index contributed by atoms with van der Waals surface area (Å²) in [5.41, 5.74) is 2.60. The van der Waals surface area contributed by atoms with Crippen molar-refractivity contribution in [1.82, 2.24) is 0 Å². The van der Waals surface area contributed by atoms with Gasteiger partial charge in [0, 0.05) is 0 Å². The molecule has 0 amide bonds. The monoisotopic (exact) mass is 1020 g/mol. The van der Waals surface area contributed by atoms with Gasteiger partial charge in [-0.1, -0.05) is 259 Å². The van der Waals surface area contributed by atoms with Gasteiger partial charge < -0.3 is 26.6 Å². The summed E-state index contributed by atoms with van der Waals surface area (Å²) in [6.45, 7) is 20.0. The minimum atomic E-state index is -0.0766. The molecule has 4 aliphatic rings. The Bertz CT molecular complexity index is 1170. The van der Waals surface area contributed by atoms with Gasteiger partial charge in [0.1, 0.15) is 0 Å². The van der Waals surface area contributed by atoms with Crippen LogP contribution in [0.1, 0.15) is 325 Å². The molecule has 4 aliphatic carbocycles. The molecule has 3 heteroatoms. The lowest BCUT2D eigenvalue weighted by Gasteiger charge is -2.58. The third-order valence-electron chi connectivity index (χ3n) is 19.5. The molecule has 0 spiro atoms. The van der Waals surface area contributed by atoms with Crippen molar-refractivity contribution in [2.75, 3.05) is 27.2 Å². The zero-order chi connectivity index (χ0) is 48.6. The van der Waals surface area contributed by atoms with Gasteiger partial charge in [-0.15, -0.1) is 0 Å². The van der Waals surface area contributed by atoms with Gasteiger partial charge >= 0.3 is 0 Å². The van der Waals surface area contributed by atoms with E-state index >= 15 is 0 Å². The molecule has 0 aromatic rings. The molecule has 3 saturated carbocycles.